The molecule has 1 aliphatic rings. The number of hydrogen-bond acceptors (Lipinski definition) is 4. The highest BCUT2D eigenvalue weighted by Crippen LogP contribution is 2.30. The van der Waals surface area contributed by atoms with E-state index < -0.39 is 16.0 Å². The summed E-state index contributed by atoms with van der Waals surface area (Å²) in [5, 5.41) is 13.3. The number of rotatable bonds is 5. The van der Waals surface area contributed by atoms with Gasteiger partial charge in [0.05, 0.1) is 11.8 Å². The molecule has 7 nitrogen and oxygen atoms in total. The first-order valence-electron chi connectivity index (χ1n) is 8.28. The SMILES string of the molecule is CCn1nccc1S(=O)(=O)N1CCC[C@H](c2ccc(C(=O)O)cc2)C1. The fourth-order valence-electron chi connectivity index (χ4n) is 3.24. The van der Waals surface area contributed by atoms with E-state index in [1.54, 1.807) is 24.3 Å². The molecule has 134 valence electrons. The summed E-state index contributed by atoms with van der Waals surface area (Å²) in [5.41, 5.74) is 1.20. The fourth-order valence-corrected chi connectivity index (χ4v) is 4.93. The summed E-state index contributed by atoms with van der Waals surface area (Å²) in [6, 6.07) is 8.22. The van der Waals surface area contributed by atoms with Crippen LogP contribution in [0.1, 0.15) is 41.6 Å². The van der Waals surface area contributed by atoms with Crippen molar-refractivity contribution in [2.45, 2.75) is 37.3 Å². The second kappa shape index (κ2) is 6.97. The Balaban J connectivity index is 1.82. The lowest BCUT2D eigenvalue weighted by Gasteiger charge is -2.32. The van der Waals surface area contributed by atoms with Gasteiger partial charge in [-0.15, -0.1) is 0 Å². The lowest BCUT2D eigenvalue weighted by molar-refractivity contribution is 0.0697. The van der Waals surface area contributed by atoms with Gasteiger partial charge in [0, 0.05) is 19.6 Å². The Labute approximate surface area is 146 Å². The number of aryl methyl sites for hydroxylation is 1. The standard InChI is InChI=1S/C17H21N3O4S/c1-2-20-16(9-10-18-20)25(23,24)19-11-3-4-15(12-19)13-5-7-14(8-6-13)17(21)22/h5-10,15H,2-4,11-12H2,1H3,(H,21,22)/t15-/m0/s1. The maximum Gasteiger partial charge on any atom is 0.335 e. The second-order valence-electron chi connectivity index (χ2n) is 6.11. The third kappa shape index (κ3) is 3.45. The number of carbonyl (C=O) groups is 1. The molecule has 1 saturated heterocycles. The summed E-state index contributed by atoms with van der Waals surface area (Å²) in [5.74, 6) is -0.906. The molecule has 0 unspecified atom stereocenters. The largest absolute Gasteiger partial charge is 0.478 e. The van der Waals surface area contributed by atoms with Gasteiger partial charge in [-0.3, -0.25) is 4.68 Å². The van der Waals surface area contributed by atoms with Crippen LogP contribution in [-0.2, 0) is 16.6 Å². The molecule has 0 bridgehead atoms. The van der Waals surface area contributed by atoms with Crippen LogP contribution in [0.4, 0.5) is 0 Å². The summed E-state index contributed by atoms with van der Waals surface area (Å²) in [7, 11) is -3.58. The van der Waals surface area contributed by atoms with Crippen LogP contribution < -0.4 is 0 Å². The van der Waals surface area contributed by atoms with E-state index in [-0.39, 0.29) is 16.5 Å². The number of hydrogen-bond donors (Lipinski definition) is 1. The van der Waals surface area contributed by atoms with Crippen molar-refractivity contribution < 1.29 is 18.3 Å². The summed E-state index contributed by atoms with van der Waals surface area (Å²) < 4.78 is 28.9. The van der Waals surface area contributed by atoms with Gasteiger partial charge >= 0.3 is 5.97 Å². The van der Waals surface area contributed by atoms with E-state index in [1.807, 2.05) is 6.92 Å². The minimum atomic E-state index is -3.58. The first-order chi connectivity index (χ1) is 11.9. The molecule has 0 saturated carbocycles. The van der Waals surface area contributed by atoms with Crippen LogP contribution in [-0.4, -0.2) is 46.7 Å². The summed E-state index contributed by atoms with van der Waals surface area (Å²) in [6.07, 6.45) is 3.15. The van der Waals surface area contributed by atoms with E-state index in [2.05, 4.69) is 5.10 Å². The Hall–Kier alpha value is -2.19. The first kappa shape index (κ1) is 17.6. The Kier molecular flexibility index (Phi) is 4.91. The average molecular weight is 363 g/mol. The van der Waals surface area contributed by atoms with Crippen LogP contribution in [0.2, 0.25) is 0 Å². The number of nitrogens with zero attached hydrogens (tertiary/aromatic N) is 3. The van der Waals surface area contributed by atoms with Gasteiger partial charge in [-0.2, -0.15) is 9.40 Å². The highest BCUT2D eigenvalue weighted by Gasteiger charge is 2.32. The third-order valence-corrected chi connectivity index (χ3v) is 6.48. The molecule has 25 heavy (non-hydrogen) atoms. The fraction of sp³-hybridized carbons (Fsp3) is 0.412. The molecule has 0 radical (unpaired) electrons. The molecule has 8 heteroatoms. The monoisotopic (exact) mass is 363 g/mol. The molecule has 1 aliphatic heterocycles. The van der Waals surface area contributed by atoms with Gasteiger partial charge < -0.3 is 5.11 Å². The van der Waals surface area contributed by atoms with E-state index >= 15 is 0 Å². The Morgan fingerprint density at radius 3 is 2.64 bits per heavy atom. The van der Waals surface area contributed by atoms with Crippen molar-refractivity contribution in [2.24, 2.45) is 0 Å². The molecule has 2 aromatic rings. The van der Waals surface area contributed by atoms with Gasteiger partial charge in [0.1, 0.15) is 0 Å². The van der Waals surface area contributed by atoms with E-state index in [0.29, 0.717) is 19.6 Å². The lowest BCUT2D eigenvalue weighted by Crippen LogP contribution is -2.39. The maximum atomic E-state index is 12.9. The zero-order valence-corrected chi connectivity index (χ0v) is 14.8. The maximum absolute atomic E-state index is 12.9. The van der Waals surface area contributed by atoms with Crippen molar-refractivity contribution in [3.63, 3.8) is 0 Å². The number of benzene rings is 1. The molecular formula is C17H21N3O4S. The third-order valence-electron chi connectivity index (χ3n) is 4.59. The molecule has 1 atom stereocenters. The van der Waals surface area contributed by atoms with Crippen molar-refractivity contribution in [3.8, 4) is 0 Å². The van der Waals surface area contributed by atoms with E-state index in [4.69, 9.17) is 5.11 Å². The molecule has 3 rings (SSSR count). The number of aromatic carboxylic acids is 1. The van der Waals surface area contributed by atoms with Crippen LogP contribution in [0.3, 0.4) is 0 Å². The highest BCUT2D eigenvalue weighted by atomic mass is 32.2. The molecule has 0 spiro atoms. The quantitative estimate of drug-likeness (QED) is 0.879. The van der Waals surface area contributed by atoms with Gasteiger partial charge in [-0.05, 0) is 49.4 Å². The molecule has 2 heterocycles. The lowest BCUT2D eigenvalue weighted by atomic mass is 9.91. The average Bonchev–Trinajstić information content (AvgIpc) is 3.11. The van der Waals surface area contributed by atoms with Crippen LogP contribution in [0.15, 0.2) is 41.6 Å². The van der Waals surface area contributed by atoms with Crippen molar-refractivity contribution in [1.82, 2.24) is 14.1 Å². The van der Waals surface area contributed by atoms with Crippen LogP contribution in [0, 0.1) is 0 Å². The van der Waals surface area contributed by atoms with E-state index in [0.717, 1.165) is 18.4 Å². The molecule has 1 N–H and O–H groups in total. The summed E-state index contributed by atoms with van der Waals surface area (Å²) in [6.45, 7) is 3.23. The number of carboxylic acid groups (broad SMARTS) is 1. The zero-order valence-electron chi connectivity index (χ0n) is 14.0. The van der Waals surface area contributed by atoms with Crippen molar-refractivity contribution >= 4 is 16.0 Å². The minimum absolute atomic E-state index is 0.0596. The summed E-state index contributed by atoms with van der Waals surface area (Å²) in [4.78, 5) is 11.0. The predicted molar refractivity (Wildman–Crippen MR) is 92.0 cm³/mol. The number of piperidine rings is 1. The summed E-state index contributed by atoms with van der Waals surface area (Å²) >= 11 is 0. The molecule has 1 aromatic heterocycles. The smallest absolute Gasteiger partial charge is 0.335 e. The molecule has 0 amide bonds. The van der Waals surface area contributed by atoms with E-state index in [9.17, 15) is 13.2 Å². The van der Waals surface area contributed by atoms with E-state index in [1.165, 1.54) is 21.3 Å². The molecule has 1 aromatic carbocycles. The molecule has 0 aliphatic carbocycles. The minimum Gasteiger partial charge on any atom is -0.478 e. The van der Waals surface area contributed by atoms with Crippen molar-refractivity contribution in [3.05, 3.63) is 47.7 Å². The van der Waals surface area contributed by atoms with Crippen molar-refractivity contribution in [2.75, 3.05) is 13.1 Å². The number of sulfonamides is 1. The number of carboxylic acids is 1. The van der Waals surface area contributed by atoms with Gasteiger partial charge in [0.2, 0.25) is 0 Å². The molecule has 1 fully saturated rings. The van der Waals surface area contributed by atoms with Crippen LogP contribution >= 0.6 is 0 Å². The zero-order chi connectivity index (χ0) is 18.0. The Morgan fingerprint density at radius 1 is 1.28 bits per heavy atom. The van der Waals surface area contributed by atoms with Gasteiger partial charge in [-0.1, -0.05) is 12.1 Å². The molecular weight excluding hydrogens is 342 g/mol. The number of aromatic nitrogens is 2. The normalized spacial score (nSPS) is 19.0. The van der Waals surface area contributed by atoms with Gasteiger partial charge in [0.15, 0.2) is 5.03 Å². The van der Waals surface area contributed by atoms with Crippen LogP contribution in [0.25, 0.3) is 0 Å². The highest BCUT2D eigenvalue weighted by molar-refractivity contribution is 7.89. The van der Waals surface area contributed by atoms with Gasteiger partial charge in [-0.25, -0.2) is 13.2 Å². The Morgan fingerprint density at radius 2 is 2.00 bits per heavy atom. The van der Waals surface area contributed by atoms with Crippen LogP contribution in [0.5, 0.6) is 0 Å². The van der Waals surface area contributed by atoms with Gasteiger partial charge in [0.25, 0.3) is 10.0 Å². The topological polar surface area (TPSA) is 92.5 Å². The Bertz CT molecular complexity index is 858. The second-order valence-corrected chi connectivity index (χ2v) is 8.00. The first-order valence-corrected chi connectivity index (χ1v) is 9.72. The predicted octanol–water partition coefficient (Wildman–Crippen LogP) is 2.17. The van der Waals surface area contributed by atoms with Crippen molar-refractivity contribution in [1.29, 1.82) is 0 Å².